The molecule has 0 atom stereocenters. The highest BCUT2D eigenvalue weighted by atomic mass is 35.5. The highest BCUT2D eigenvalue weighted by Crippen LogP contribution is 2.16. The molecule has 3 nitrogen and oxygen atoms in total. The lowest BCUT2D eigenvalue weighted by Crippen LogP contribution is -2.24. The molecule has 19 heavy (non-hydrogen) atoms. The second-order valence-corrected chi connectivity index (χ2v) is 4.77. The molecule has 0 aliphatic heterocycles. The topological polar surface area (TPSA) is 55.1 Å². The van der Waals surface area contributed by atoms with E-state index in [1.165, 1.54) is 0 Å². The van der Waals surface area contributed by atoms with Gasteiger partial charge in [0, 0.05) is 17.3 Å². The van der Waals surface area contributed by atoms with Crippen molar-refractivity contribution in [1.82, 2.24) is 5.32 Å². The van der Waals surface area contributed by atoms with E-state index in [-0.39, 0.29) is 5.91 Å². The Morgan fingerprint density at radius 2 is 2.00 bits per heavy atom. The Balaban J connectivity index is 2.10. The number of nitrogen functional groups attached to an aromatic ring is 1. The molecule has 0 spiro atoms. The summed E-state index contributed by atoms with van der Waals surface area (Å²) in [5, 5.41) is 3.46. The molecule has 98 valence electrons. The van der Waals surface area contributed by atoms with Gasteiger partial charge in [0.25, 0.3) is 5.91 Å². The van der Waals surface area contributed by atoms with Gasteiger partial charge in [0.2, 0.25) is 0 Å². The van der Waals surface area contributed by atoms with E-state index in [0.717, 1.165) is 11.1 Å². The quantitative estimate of drug-likeness (QED) is 0.845. The molecule has 4 heteroatoms. The van der Waals surface area contributed by atoms with Crippen molar-refractivity contribution in [3.8, 4) is 0 Å². The third-order valence-corrected chi connectivity index (χ3v) is 3.22. The summed E-state index contributed by atoms with van der Waals surface area (Å²) < 4.78 is 0. The van der Waals surface area contributed by atoms with Crippen molar-refractivity contribution in [3.63, 3.8) is 0 Å². The first-order valence-corrected chi connectivity index (χ1v) is 6.33. The van der Waals surface area contributed by atoms with E-state index in [9.17, 15) is 4.79 Å². The Labute approximate surface area is 117 Å². The van der Waals surface area contributed by atoms with Crippen molar-refractivity contribution < 1.29 is 4.79 Å². The van der Waals surface area contributed by atoms with Gasteiger partial charge in [-0.1, -0.05) is 41.4 Å². The van der Waals surface area contributed by atoms with Crippen molar-refractivity contribution in [1.29, 1.82) is 0 Å². The zero-order valence-corrected chi connectivity index (χ0v) is 11.4. The van der Waals surface area contributed by atoms with Crippen molar-refractivity contribution in [2.45, 2.75) is 13.5 Å². The highest BCUT2D eigenvalue weighted by molar-refractivity contribution is 6.31. The predicted molar refractivity (Wildman–Crippen MR) is 78.2 cm³/mol. The Morgan fingerprint density at radius 1 is 1.26 bits per heavy atom. The molecule has 0 radical (unpaired) electrons. The Morgan fingerprint density at radius 3 is 2.74 bits per heavy atom. The lowest BCUT2D eigenvalue weighted by atomic mass is 10.1. The van der Waals surface area contributed by atoms with E-state index in [0.29, 0.717) is 22.8 Å². The lowest BCUT2D eigenvalue weighted by molar-refractivity contribution is 0.0951. The molecule has 0 unspecified atom stereocenters. The molecule has 0 aliphatic carbocycles. The largest absolute Gasteiger partial charge is 0.398 e. The van der Waals surface area contributed by atoms with Crippen molar-refractivity contribution in [2.24, 2.45) is 0 Å². The minimum Gasteiger partial charge on any atom is -0.398 e. The molecule has 0 heterocycles. The van der Waals surface area contributed by atoms with Gasteiger partial charge in [-0.3, -0.25) is 4.79 Å². The monoisotopic (exact) mass is 274 g/mol. The number of nitrogens with one attached hydrogen (secondary N) is 1. The Hall–Kier alpha value is -2.00. The van der Waals surface area contributed by atoms with E-state index in [1.54, 1.807) is 18.2 Å². The Kier molecular flexibility index (Phi) is 4.07. The maximum atomic E-state index is 12.1. The van der Waals surface area contributed by atoms with Crippen LogP contribution < -0.4 is 11.1 Å². The van der Waals surface area contributed by atoms with Gasteiger partial charge in [-0.2, -0.15) is 0 Å². The molecule has 2 rings (SSSR count). The number of rotatable bonds is 3. The molecule has 1 amide bonds. The first kappa shape index (κ1) is 13.4. The standard InChI is InChI=1S/C15H15ClN2O/c1-10-6-7-14(17)12(8-10)15(19)18-9-11-4-2-3-5-13(11)16/h2-8H,9,17H2,1H3,(H,18,19). The van der Waals surface area contributed by atoms with Gasteiger partial charge in [-0.05, 0) is 30.7 Å². The molecule has 0 fully saturated rings. The Bertz CT molecular complexity index is 611. The van der Waals surface area contributed by atoms with Crippen molar-refractivity contribution in [2.75, 3.05) is 5.73 Å². The number of halogens is 1. The molecule has 0 saturated heterocycles. The normalized spacial score (nSPS) is 10.2. The summed E-state index contributed by atoms with van der Waals surface area (Å²) in [6, 6.07) is 12.8. The molecule has 0 saturated carbocycles. The zero-order chi connectivity index (χ0) is 13.8. The van der Waals surface area contributed by atoms with E-state index in [2.05, 4.69) is 5.32 Å². The van der Waals surface area contributed by atoms with Crippen LogP contribution in [-0.4, -0.2) is 5.91 Å². The van der Waals surface area contributed by atoms with E-state index in [1.807, 2.05) is 31.2 Å². The summed E-state index contributed by atoms with van der Waals surface area (Å²) in [6.45, 7) is 2.30. The van der Waals surface area contributed by atoms with Gasteiger partial charge >= 0.3 is 0 Å². The molecule has 0 bridgehead atoms. The summed E-state index contributed by atoms with van der Waals surface area (Å²) in [4.78, 5) is 12.1. The second kappa shape index (κ2) is 5.76. The molecule has 3 N–H and O–H groups in total. The molecular formula is C15H15ClN2O. The maximum absolute atomic E-state index is 12.1. The number of amides is 1. The molecule has 2 aromatic carbocycles. The van der Waals surface area contributed by atoms with Gasteiger partial charge < -0.3 is 11.1 Å². The van der Waals surface area contributed by atoms with Crippen LogP contribution in [-0.2, 0) is 6.54 Å². The van der Waals surface area contributed by atoms with Gasteiger partial charge in [-0.15, -0.1) is 0 Å². The number of aryl methyl sites for hydroxylation is 1. The minimum atomic E-state index is -0.193. The number of benzene rings is 2. The minimum absolute atomic E-state index is 0.193. The number of carbonyl (C=O) groups excluding carboxylic acids is 1. The van der Waals surface area contributed by atoms with E-state index >= 15 is 0 Å². The van der Waals surface area contributed by atoms with Crippen LogP contribution in [0.3, 0.4) is 0 Å². The third kappa shape index (κ3) is 3.26. The number of nitrogens with two attached hydrogens (primary N) is 1. The van der Waals surface area contributed by atoms with Crippen LogP contribution in [0.1, 0.15) is 21.5 Å². The summed E-state index contributed by atoms with van der Waals surface area (Å²) in [6.07, 6.45) is 0. The molecule has 2 aromatic rings. The smallest absolute Gasteiger partial charge is 0.253 e. The average Bonchev–Trinajstić information content (AvgIpc) is 2.40. The van der Waals surface area contributed by atoms with E-state index < -0.39 is 0 Å². The third-order valence-electron chi connectivity index (χ3n) is 2.85. The lowest BCUT2D eigenvalue weighted by Gasteiger charge is -2.09. The first-order valence-electron chi connectivity index (χ1n) is 5.95. The first-order chi connectivity index (χ1) is 9.08. The van der Waals surface area contributed by atoms with Crippen LogP contribution in [0.4, 0.5) is 5.69 Å². The van der Waals surface area contributed by atoms with Gasteiger partial charge in [0.05, 0.1) is 5.56 Å². The van der Waals surface area contributed by atoms with Gasteiger partial charge in [-0.25, -0.2) is 0 Å². The highest BCUT2D eigenvalue weighted by Gasteiger charge is 2.10. The number of carbonyl (C=O) groups is 1. The van der Waals surface area contributed by atoms with Crippen LogP contribution in [0, 0.1) is 6.92 Å². The van der Waals surface area contributed by atoms with Crippen LogP contribution in [0.15, 0.2) is 42.5 Å². The predicted octanol–water partition coefficient (Wildman–Crippen LogP) is 3.16. The van der Waals surface area contributed by atoms with Gasteiger partial charge in [0.1, 0.15) is 0 Å². The zero-order valence-electron chi connectivity index (χ0n) is 10.6. The van der Waals surface area contributed by atoms with Crippen LogP contribution in [0.2, 0.25) is 5.02 Å². The fraction of sp³-hybridized carbons (Fsp3) is 0.133. The summed E-state index contributed by atoms with van der Waals surface area (Å²) in [5.74, 6) is -0.193. The van der Waals surface area contributed by atoms with Gasteiger partial charge in [0.15, 0.2) is 0 Å². The number of hydrogen-bond acceptors (Lipinski definition) is 2. The average molecular weight is 275 g/mol. The maximum Gasteiger partial charge on any atom is 0.253 e. The summed E-state index contributed by atoms with van der Waals surface area (Å²) in [7, 11) is 0. The molecular weight excluding hydrogens is 260 g/mol. The van der Waals surface area contributed by atoms with Crippen LogP contribution >= 0.6 is 11.6 Å². The second-order valence-electron chi connectivity index (χ2n) is 4.36. The molecule has 0 aliphatic rings. The number of hydrogen-bond donors (Lipinski definition) is 2. The fourth-order valence-corrected chi connectivity index (χ4v) is 1.98. The SMILES string of the molecule is Cc1ccc(N)c(C(=O)NCc2ccccc2Cl)c1. The summed E-state index contributed by atoms with van der Waals surface area (Å²) >= 11 is 6.03. The fourth-order valence-electron chi connectivity index (χ4n) is 1.78. The van der Waals surface area contributed by atoms with E-state index in [4.69, 9.17) is 17.3 Å². The van der Waals surface area contributed by atoms with Crippen LogP contribution in [0.5, 0.6) is 0 Å². The van der Waals surface area contributed by atoms with Crippen LogP contribution in [0.25, 0.3) is 0 Å². The molecule has 0 aromatic heterocycles. The summed E-state index contributed by atoms with van der Waals surface area (Å²) in [5.41, 5.74) is 8.65. The van der Waals surface area contributed by atoms with Crippen molar-refractivity contribution >= 4 is 23.2 Å². The number of anilines is 1. The van der Waals surface area contributed by atoms with Crippen molar-refractivity contribution in [3.05, 3.63) is 64.2 Å².